The number of para-hydroxylation sites is 2. The summed E-state index contributed by atoms with van der Waals surface area (Å²) in [6, 6.07) is 112. The summed E-state index contributed by atoms with van der Waals surface area (Å²) in [5.74, 6) is 0. The molecule has 0 radical (unpaired) electrons. The van der Waals surface area contributed by atoms with Crippen molar-refractivity contribution in [2.75, 3.05) is 9.80 Å². The van der Waals surface area contributed by atoms with Crippen LogP contribution in [-0.4, -0.2) is 0 Å². The Balaban J connectivity index is 1.06. The summed E-state index contributed by atoms with van der Waals surface area (Å²) >= 11 is 0. The summed E-state index contributed by atoms with van der Waals surface area (Å²) in [6.45, 7) is 8.95. The second-order valence-electron chi connectivity index (χ2n) is 22.9. The van der Waals surface area contributed by atoms with Gasteiger partial charge in [-0.05, 0) is 209 Å². The normalized spacial score (nSPS) is 11.5. The quantitative estimate of drug-likeness (QED) is 0.120. The highest BCUT2D eigenvalue weighted by atomic mass is 15.2. The third-order valence-corrected chi connectivity index (χ3v) is 17.7. The van der Waals surface area contributed by atoms with Crippen LogP contribution in [0.2, 0.25) is 0 Å². The van der Waals surface area contributed by atoms with Crippen LogP contribution in [0, 0.1) is 27.7 Å². The van der Waals surface area contributed by atoms with Crippen molar-refractivity contribution in [2.45, 2.75) is 27.7 Å². The van der Waals surface area contributed by atoms with Crippen LogP contribution < -0.4 is 9.80 Å². The van der Waals surface area contributed by atoms with Gasteiger partial charge in [0.05, 0.1) is 0 Å². The molecule has 1 aliphatic rings. The van der Waals surface area contributed by atoms with Crippen LogP contribution in [0.3, 0.4) is 0 Å². The van der Waals surface area contributed by atoms with E-state index in [0.29, 0.717) is 0 Å². The minimum atomic E-state index is 1.10. The molecular formula is C84H62N2. The monoisotopic (exact) mass is 1100 g/mol. The number of benzene rings is 14. The van der Waals surface area contributed by atoms with E-state index in [0.717, 1.165) is 34.1 Å². The van der Waals surface area contributed by atoms with Gasteiger partial charge in [-0.25, -0.2) is 0 Å². The van der Waals surface area contributed by atoms with E-state index < -0.39 is 0 Å². The molecule has 0 amide bonds. The average Bonchev–Trinajstić information content (AvgIpc) is 0.688. The smallest absolute Gasteiger partial charge is 0.0497 e. The van der Waals surface area contributed by atoms with Crippen molar-refractivity contribution in [2.24, 2.45) is 0 Å². The molecule has 0 saturated carbocycles. The SMILES string of the molecule is Cc1ccccc1N(c1ccc2c(-c3ccccc3)c3c(c(-c4ccccc4)c2c1)-c1c-3c(-c2ccccc2)c2cc(N(c3ccccc3C)c3cc(-c4ccccc4)ccc3C)ccc2c1-c1ccccc1)c1cc(-c2ccccc2)ccc1C. The van der Waals surface area contributed by atoms with E-state index in [1.807, 2.05) is 0 Å². The van der Waals surface area contributed by atoms with Crippen LogP contribution in [0.15, 0.2) is 303 Å². The maximum atomic E-state index is 2.49. The van der Waals surface area contributed by atoms with Gasteiger partial charge in [0.1, 0.15) is 0 Å². The Morgan fingerprint density at radius 1 is 0.174 bits per heavy atom. The van der Waals surface area contributed by atoms with Gasteiger partial charge in [-0.2, -0.15) is 0 Å². The predicted octanol–water partition coefficient (Wildman–Crippen LogP) is 23.8. The lowest BCUT2D eigenvalue weighted by Gasteiger charge is -2.38. The van der Waals surface area contributed by atoms with Crippen molar-refractivity contribution in [3.8, 4) is 89.0 Å². The van der Waals surface area contributed by atoms with Gasteiger partial charge in [-0.15, -0.1) is 0 Å². The molecule has 0 heterocycles. The standard InChI is InChI=1S/C84H62N2/c1-55-27-23-25-41-73(55)85(75-51-65(45-43-57(75)3)59-29-11-5-12-30-59)67-47-49-69-71(53-67)79(63-37-19-9-20-38-63)83-81(77(69)61-33-15-7-16-34-61)84-80(64-39-21-10-22-40-64)72-54-68(48-50-70(72)78(82(83)84)62-35-17-8-18-36-62)86(74-42-26-24-28-56(74)2)76-52-66(46-44-58(76)4)60-31-13-6-14-32-60/h5-54H,1-4H3. The lowest BCUT2D eigenvalue weighted by molar-refractivity contribution is 1.23. The molecule has 0 N–H and O–H groups in total. The number of hydrogen-bond donors (Lipinski definition) is 0. The first-order valence-electron chi connectivity index (χ1n) is 29.9. The first kappa shape index (κ1) is 52.0. The van der Waals surface area contributed by atoms with Gasteiger partial charge >= 0.3 is 0 Å². The highest BCUT2D eigenvalue weighted by molar-refractivity contribution is 6.33. The van der Waals surface area contributed by atoms with Crippen LogP contribution in [0.1, 0.15) is 22.3 Å². The molecule has 14 aromatic carbocycles. The largest absolute Gasteiger partial charge is 0.310 e. The summed E-state index contributed by atoms with van der Waals surface area (Å²) in [6.07, 6.45) is 0. The van der Waals surface area contributed by atoms with Crippen molar-refractivity contribution in [1.82, 2.24) is 0 Å². The van der Waals surface area contributed by atoms with Gasteiger partial charge in [0, 0.05) is 34.1 Å². The molecule has 0 aliphatic heterocycles. The van der Waals surface area contributed by atoms with Gasteiger partial charge in [-0.1, -0.05) is 255 Å². The third kappa shape index (κ3) is 8.89. The highest BCUT2D eigenvalue weighted by Crippen LogP contribution is 2.66. The zero-order chi connectivity index (χ0) is 57.8. The van der Waals surface area contributed by atoms with Gasteiger partial charge in [0.2, 0.25) is 0 Å². The second kappa shape index (κ2) is 21.8. The van der Waals surface area contributed by atoms with Crippen LogP contribution in [0.4, 0.5) is 34.1 Å². The Morgan fingerprint density at radius 3 is 0.756 bits per heavy atom. The third-order valence-electron chi connectivity index (χ3n) is 17.7. The zero-order valence-corrected chi connectivity index (χ0v) is 48.8. The molecule has 1 aliphatic carbocycles. The summed E-state index contributed by atoms with van der Waals surface area (Å²) in [4.78, 5) is 4.99. The molecular weight excluding hydrogens is 1040 g/mol. The number of anilines is 6. The number of rotatable bonds is 12. The Bertz CT molecular complexity index is 4550. The molecule has 408 valence electrons. The van der Waals surface area contributed by atoms with E-state index in [1.165, 1.54) is 133 Å². The maximum absolute atomic E-state index is 2.49. The van der Waals surface area contributed by atoms with Crippen LogP contribution in [0.25, 0.3) is 111 Å². The lowest BCUT2D eigenvalue weighted by atomic mass is 9.65. The topological polar surface area (TPSA) is 6.48 Å². The van der Waals surface area contributed by atoms with E-state index >= 15 is 0 Å². The first-order valence-corrected chi connectivity index (χ1v) is 29.9. The van der Waals surface area contributed by atoms with Crippen molar-refractivity contribution in [1.29, 1.82) is 0 Å². The van der Waals surface area contributed by atoms with Gasteiger partial charge in [-0.3, -0.25) is 0 Å². The van der Waals surface area contributed by atoms with Crippen molar-refractivity contribution in [3.05, 3.63) is 326 Å². The predicted molar refractivity (Wildman–Crippen MR) is 367 cm³/mol. The average molecular weight is 1100 g/mol. The molecule has 14 aromatic rings. The molecule has 2 nitrogen and oxygen atoms in total. The van der Waals surface area contributed by atoms with Gasteiger partial charge in [0.15, 0.2) is 0 Å². The first-order chi connectivity index (χ1) is 42.4. The van der Waals surface area contributed by atoms with E-state index in [4.69, 9.17) is 0 Å². The molecule has 0 fully saturated rings. The van der Waals surface area contributed by atoms with Crippen LogP contribution in [0.5, 0.6) is 0 Å². The van der Waals surface area contributed by atoms with Gasteiger partial charge < -0.3 is 9.80 Å². The molecule has 0 atom stereocenters. The molecule has 0 spiro atoms. The number of aryl methyl sites for hydroxylation is 4. The molecule has 0 saturated heterocycles. The molecule has 2 heteroatoms. The Kier molecular flexibility index (Phi) is 13.2. The second-order valence-corrected chi connectivity index (χ2v) is 22.9. The summed E-state index contributed by atoms with van der Waals surface area (Å²) in [5.41, 5.74) is 31.0. The minimum Gasteiger partial charge on any atom is -0.310 e. The maximum Gasteiger partial charge on any atom is 0.0497 e. The Labute approximate surface area is 504 Å². The van der Waals surface area contributed by atoms with Crippen LogP contribution >= 0.6 is 0 Å². The summed E-state index contributed by atoms with van der Waals surface area (Å²) in [5, 5.41) is 4.81. The van der Waals surface area contributed by atoms with E-state index in [1.54, 1.807) is 0 Å². The highest BCUT2D eigenvalue weighted by Gasteiger charge is 2.39. The molecule has 15 rings (SSSR count). The van der Waals surface area contributed by atoms with E-state index in [2.05, 4.69) is 341 Å². The van der Waals surface area contributed by atoms with E-state index in [-0.39, 0.29) is 0 Å². The fourth-order valence-corrected chi connectivity index (χ4v) is 13.6. The van der Waals surface area contributed by atoms with Gasteiger partial charge in [0.25, 0.3) is 0 Å². The van der Waals surface area contributed by atoms with Crippen molar-refractivity contribution in [3.63, 3.8) is 0 Å². The van der Waals surface area contributed by atoms with Crippen molar-refractivity contribution >= 4 is 55.7 Å². The van der Waals surface area contributed by atoms with Crippen LogP contribution in [-0.2, 0) is 0 Å². The Hall–Kier alpha value is -10.8. The number of fused-ring (bicyclic) bond motifs is 6. The van der Waals surface area contributed by atoms with E-state index in [9.17, 15) is 0 Å². The molecule has 86 heavy (non-hydrogen) atoms. The zero-order valence-electron chi connectivity index (χ0n) is 48.8. The summed E-state index contributed by atoms with van der Waals surface area (Å²) in [7, 11) is 0. The van der Waals surface area contributed by atoms with Crippen molar-refractivity contribution < 1.29 is 0 Å². The molecule has 0 unspecified atom stereocenters. The fourth-order valence-electron chi connectivity index (χ4n) is 13.6. The lowest BCUT2D eigenvalue weighted by Crippen LogP contribution is -2.14. The molecule has 0 aromatic heterocycles. The summed E-state index contributed by atoms with van der Waals surface area (Å²) < 4.78 is 0. The fraction of sp³-hybridized carbons (Fsp3) is 0.0476. The minimum absolute atomic E-state index is 1.10. The number of hydrogen-bond acceptors (Lipinski definition) is 2. The molecule has 0 bridgehead atoms. The Morgan fingerprint density at radius 2 is 0.442 bits per heavy atom. The number of nitrogens with zero attached hydrogens (tertiary/aromatic N) is 2.